The summed E-state index contributed by atoms with van der Waals surface area (Å²) in [5, 5.41) is 0. The van der Waals surface area contributed by atoms with Crippen molar-refractivity contribution in [2.24, 2.45) is 24.6 Å². The predicted octanol–water partition coefficient (Wildman–Crippen LogP) is 1.14. The lowest BCUT2D eigenvalue weighted by molar-refractivity contribution is -0.138. The zero-order chi connectivity index (χ0) is 14.0. The molecule has 1 saturated carbocycles. The molecule has 19 heavy (non-hydrogen) atoms. The van der Waals surface area contributed by atoms with Crippen LogP contribution in [0.5, 0.6) is 0 Å². The third kappa shape index (κ3) is 3.15. The maximum absolute atomic E-state index is 12.6. The number of carbonyl (C=O) groups is 1. The van der Waals surface area contributed by atoms with E-state index >= 15 is 0 Å². The summed E-state index contributed by atoms with van der Waals surface area (Å²) in [5.41, 5.74) is 5.77. The van der Waals surface area contributed by atoms with Gasteiger partial charge in [-0.3, -0.25) is 4.79 Å². The Morgan fingerprint density at radius 2 is 2.26 bits per heavy atom. The summed E-state index contributed by atoms with van der Waals surface area (Å²) in [5.74, 6) is 1.31. The van der Waals surface area contributed by atoms with Crippen LogP contribution >= 0.6 is 0 Å². The van der Waals surface area contributed by atoms with E-state index in [1.165, 1.54) is 0 Å². The van der Waals surface area contributed by atoms with Crippen LogP contribution in [0.15, 0.2) is 12.4 Å². The van der Waals surface area contributed by atoms with Crippen LogP contribution in [0, 0.1) is 11.8 Å². The van der Waals surface area contributed by atoms with Crippen molar-refractivity contribution in [3.05, 3.63) is 18.2 Å². The summed E-state index contributed by atoms with van der Waals surface area (Å²) >= 11 is 0. The summed E-state index contributed by atoms with van der Waals surface area (Å²) in [6.07, 6.45) is 5.89. The number of hydrogen-bond acceptors (Lipinski definition) is 3. The zero-order valence-electron chi connectivity index (χ0n) is 12.0. The van der Waals surface area contributed by atoms with Crippen molar-refractivity contribution < 1.29 is 4.79 Å². The maximum Gasteiger partial charge on any atom is 0.227 e. The number of nitrogens with two attached hydrogens (primary N) is 1. The molecule has 0 bridgehead atoms. The van der Waals surface area contributed by atoms with E-state index in [4.69, 9.17) is 5.73 Å². The van der Waals surface area contributed by atoms with Gasteiger partial charge in [-0.15, -0.1) is 0 Å². The molecule has 0 saturated heterocycles. The van der Waals surface area contributed by atoms with Gasteiger partial charge in [0, 0.05) is 32.0 Å². The topological polar surface area (TPSA) is 64.2 Å². The van der Waals surface area contributed by atoms with Crippen molar-refractivity contribution in [3.63, 3.8) is 0 Å². The first-order valence-electron chi connectivity index (χ1n) is 7.01. The van der Waals surface area contributed by atoms with Crippen molar-refractivity contribution in [2.45, 2.75) is 39.3 Å². The van der Waals surface area contributed by atoms with E-state index in [0.717, 1.165) is 18.7 Å². The Hall–Kier alpha value is -1.36. The third-order valence-electron chi connectivity index (χ3n) is 3.88. The molecule has 1 fully saturated rings. The molecule has 1 heterocycles. The van der Waals surface area contributed by atoms with Crippen molar-refractivity contribution in [1.82, 2.24) is 14.5 Å². The first-order chi connectivity index (χ1) is 9.04. The monoisotopic (exact) mass is 264 g/mol. The van der Waals surface area contributed by atoms with Crippen LogP contribution in [0.3, 0.4) is 0 Å². The van der Waals surface area contributed by atoms with Gasteiger partial charge in [0.25, 0.3) is 0 Å². The molecule has 0 aliphatic heterocycles. The van der Waals surface area contributed by atoms with Gasteiger partial charge in [-0.1, -0.05) is 13.8 Å². The molecule has 1 aliphatic rings. The normalized spacial score (nSPS) is 16.7. The Balaban J connectivity index is 2.12. The number of hydrogen-bond donors (Lipinski definition) is 1. The number of rotatable bonds is 6. The highest BCUT2D eigenvalue weighted by Crippen LogP contribution is 2.30. The number of nitrogens with zero attached hydrogens (tertiary/aromatic N) is 3. The maximum atomic E-state index is 12.6. The van der Waals surface area contributed by atoms with E-state index in [-0.39, 0.29) is 17.7 Å². The van der Waals surface area contributed by atoms with Gasteiger partial charge in [0.05, 0.1) is 12.5 Å². The van der Waals surface area contributed by atoms with E-state index in [9.17, 15) is 4.79 Å². The van der Waals surface area contributed by atoms with Crippen LogP contribution in [0.4, 0.5) is 0 Å². The molecule has 5 nitrogen and oxygen atoms in total. The first-order valence-corrected chi connectivity index (χ1v) is 7.01. The van der Waals surface area contributed by atoms with Crippen LogP contribution in [-0.4, -0.2) is 32.9 Å². The second-order valence-corrected chi connectivity index (χ2v) is 5.74. The Morgan fingerprint density at radius 1 is 1.58 bits per heavy atom. The predicted molar refractivity (Wildman–Crippen MR) is 74.2 cm³/mol. The number of carbonyl (C=O) groups excluding carboxylic acids is 1. The van der Waals surface area contributed by atoms with Crippen molar-refractivity contribution in [1.29, 1.82) is 0 Å². The number of amides is 1. The Bertz CT molecular complexity index is 436. The highest BCUT2D eigenvalue weighted by molar-refractivity contribution is 5.80. The summed E-state index contributed by atoms with van der Waals surface area (Å²) in [7, 11) is 1.96. The van der Waals surface area contributed by atoms with Gasteiger partial charge < -0.3 is 15.2 Å². The van der Waals surface area contributed by atoms with Crippen molar-refractivity contribution in [3.8, 4) is 0 Å². The van der Waals surface area contributed by atoms with Gasteiger partial charge >= 0.3 is 0 Å². The third-order valence-corrected chi connectivity index (χ3v) is 3.88. The van der Waals surface area contributed by atoms with Crippen LogP contribution in [-0.2, 0) is 18.4 Å². The molecule has 106 valence electrons. The minimum absolute atomic E-state index is 0.0825. The number of aryl methyl sites for hydroxylation is 1. The molecule has 1 aromatic rings. The molecule has 1 aliphatic carbocycles. The van der Waals surface area contributed by atoms with E-state index in [0.29, 0.717) is 19.1 Å². The number of aromatic nitrogens is 2. The van der Waals surface area contributed by atoms with Crippen LogP contribution in [0.25, 0.3) is 0 Å². The molecule has 2 N–H and O–H groups in total. The second-order valence-electron chi connectivity index (χ2n) is 5.74. The quantitative estimate of drug-likeness (QED) is 0.838. The Labute approximate surface area is 114 Å². The lowest BCUT2D eigenvalue weighted by Crippen LogP contribution is -2.42. The summed E-state index contributed by atoms with van der Waals surface area (Å²) in [4.78, 5) is 18.9. The molecular weight excluding hydrogens is 240 g/mol. The fourth-order valence-corrected chi connectivity index (χ4v) is 2.35. The van der Waals surface area contributed by atoms with Gasteiger partial charge in [-0.25, -0.2) is 4.98 Å². The number of imidazole rings is 1. The van der Waals surface area contributed by atoms with Crippen LogP contribution in [0.1, 0.15) is 32.5 Å². The summed E-state index contributed by atoms with van der Waals surface area (Å²) in [6, 6.07) is 0.386. The minimum atomic E-state index is -0.0825. The molecule has 5 heteroatoms. The van der Waals surface area contributed by atoms with E-state index < -0.39 is 0 Å². The highest BCUT2D eigenvalue weighted by atomic mass is 16.2. The summed E-state index contributed by atoms with van der Waals surface area (Å²) in [6.45, 7) is 5.12. The van der Waals surface area contributed by atoms with Gasteiger partial charge in [0.2, 0.25) is 5.91 Å². The van der Waals surface area contributed by atoms with Crippen LogP contribution in [0.2, 0.25) is 0 Å². The van der Waals surface area contributed by atoms with Gasteiger partial charge in [0.1, 0.15) is 5.82 Å². The largest absolute Gasteiger partial charge is 0.337 e. The van der Waals surface area contributed by atoms with Gasteiger partial charge in [-0.2, -0.15) is 0 Å². The van der Waals surface area contributed by atoms with E-state index in [2.05, 4.69) is 18.8 Å². The Morgan fingerprint density at radius 3 is 2.68 bits per heavy atom. The molecule has 1 unspecified atom stereocenters. The highest BCUT2D eigenvalue weighted by Gasteiger charge is 2.36. The van der Waals surface area contributed by atoms with Crippen molar-refractivity contribution in [2.75, 3.05) is 6.54 Å². The fourth-order valence-electron chi connectivity index (χ4n) is 2.35. The summed E-state index contributed by atoms with van der Waals surface area (Å²) < 4.78 is 1.97. The molecule has 1 amide bonds. The van der Waals surface area contributed by atoms with Crippen LogP contribution < -0.4 is 5.73 Å². The van der Waals surface area contributed by atoms with Gasteiger partial charge in [0.15, 0.2) is 0 Å². The fraction of sp³-hybridized carbons (Fsp3) is 0.714. The standard InChI is InChI=1S/C14H24N4O/c1-10(2)12(8-15)14(19)18(11-4-5-11)9-13-16-6-7-17(13)3/h6-7,10-12H,4-5,8-9,15H2,1-3H3. The minimum Gasteiger partial charge on any atom is -0.337 e. The first kappa shape index (κ1) is 14.1. The molecular formula is C14H24N4O. The van der Waals surface area contributed by atoms with E-state index in [1.54, 1.807) is 6.20 Å². The average Bonchev–Trinajstić information content (AvgIpc) is 3.11. The molecule has 0 spiro atoms. The second kappa shape index (κ2) is 5.74. The molecule has 1 atom stereocenters. The lowest BCUT2D eigenvalue weighted by atomic mass is 9.94. The van der Waals surface area contributed by atoms with Crippen molar-refractivity contribution >= 4 is 5.91 Å². The molecule has 1 aromatic heterocycles. The van der Waals surface area contributed by atoms with Gasteiger partial charge in [-0.05, 0) is 18.8 Å². The smallest absolute Gasteiger partial charge is 0.227 e. The molecule has 0 aromatic carbocycles. The lowest BCUT2D eigenvalue weighted by Gasteiger charge is -2.28. The molecule has 0 radical (unpaired) electrons. The SMILES string of the molecule is CC(C)C(CN)C(=O)N(Cc1nccn1C)C1CC1. The molecule has 2 rings (SSSR count). The average molecular weight is 264 g/mol. The Kier molecular flexibility index (Phi) is 4.24. The van der Waals surface area contributed by atoms with E-state index in [1.807, 2.05) is 22.7 Å². The zero-order valence-corrected chi connectivity index (χ0v) is 12.0.